The highest BCUT2D eigenvalue weighted by molar-refractivity contribution is 5.85. The third-order valence-corrected chi connectivity index (χ3v) is 3.34. The maximum Gasteiger partial charge on any atom is 0.387 e. The lowest BCUT2D eigenvalue weighted by molar-refractivity contribution is -0.123. The Morgan fingerprint density at radius 1 is 1.43 bits per heavy atom. The van der Waals surface area contributed by atoms with Gasteiger partial charge in [0.2, 0.25) is 5.91 Å². The summed E-state index contributed by atoms with van der Waals surface area (Å²) >= 11 is 0. The molecule has 2 atom stereocenters. The fourth-order valence-electron chi connectivity index (χ4n) is 2.34. The molecule has 0 spiro atoms. The highest BCUT2D eigenvalue weighted by atomic mass is 35.5. The van der Waals surface area contributed by atoms with Crippen molar-refractivity contribution in [1.29, 1.82) is 0 Å². The smallest absolute Gasteiger partial charge is 0.387 e. The maximum atomic E-state index is 12.4. The second kappa shape index (κ2) is 8.14. The molecule has 118 valence electrons. The first-order valence-corrected chi connectivity index (χ1v) is 6.65. The molecule has 0 saturated carbocycles. The monoisotopic (exact) mass is 320 g/mol. The van der Waals surface area contributed by atoms with Crippen LogP contribution in [-0.4, -0.2) is 25.1 Å². The zero-order valence-corrected chi connectivity index (χ0v) is 12.5. The van der Waals surface area contributed by atoms with Gasteiger partial charge >= 0.3 is 6.61 Å². The van der Waals surface area contributed by atoms with Crippen molar-refractivity contribution in [3.05, 3.63) is 29.8 Å². The molecule has 1 amide bonds. The number of carbonyl (C=O) groups excluding carboxylic acids is 1. The minimum Gasteiger partial charge on any atom is -0.434 e. The number of rotatable bonds is 5. The molecule has 0 aliphatic carbocycles. The van der Waals surface area contributed by atoms with Gasteiger partial charge in [0.25, 0.3) is 0 Å². The van der Waals surface area contributed by atoms with Crippen LogP contribution in [-0.2, 0) is 4.79 Å². The minimum absolute atomic E-state index is 0. The third-order valence-electron chi connectivity index (χ3n) is 3.34. The van der Waals surface area contributed by atoms with E-state index in [0.29, 0.717) is 5.56 Å². The van der Waals surface area contributed by atoms with Crippen molar-refractivity contribution >= 4 is 18.3 Å². The van der Waals surface area contributed by atoms with Crippen LogP contribution in [0.2, 0.25) is 0 Å². The van der Waals surface area contributed by atoms with Crippen molar-refractivity contribution in [2.45, 2.75) is 38.5 Å². The van der Waals surface area contributed by atoms with E-state index in [1.807, 2.05) is 0 Å². The first kappa shape index (κ1) is 17.7. The summed E-state index contributed by atoms with van der Waals surface area (Å²) in [5, 5.41) is 5.92. The predicted octanol–water partition coefficient (Wildman–Crippen LogP) is 2.64. The lowest BCUT2D eigenvalue weighted by Gasteiger charge is -2.20. The third kappa shape index (κ3) is 4.82. The number of ether oxygens (including phenoxy) is 1. The zero-order chi connectivity index (χ0) is 14.5. The summed E-state index contributed by atoms with van der Waals surface area (Å²) < 4.78 is 29.2. The molecular weight excluding hydrogens is 302 g/mol. The summed E-state index contributed by atoms with van der Waals surface area (Å²) in [5.41, 5.74) is 0.541. The molecule has 0 radical (unpaired) electrons. The number of hydrogen-bond donors (Lipinski definition) is 2. The summed E-state index contributed by atoms with van der Waals surface area (Å²) in [6.07, 6.45) is 1.77. The van der Waals surface area contributed by atoms with Crippen LogP contribution >= 0.6 is 12.4 Å². The van der Waals surface area contributed by atoms with Gasteiger partial charge in [0.15, 0.2) is 0 Å². The normalized spacial score (nSPS) is 19.0. The Morgan fingerprint density at radius 3 is 2.76 bits per heavy atom. The molecule has 1 aromatic rings. The Bertz CT molecular complexity index is 468. The maximum absolute atomic E-state index is 12.4. The summed E-state index contributed by atoms with van der Waals surface area (Å²) in [5.74, 6) is -0.0171. The Hall–Kier alpha value is -1.40. The van der Waals surface area contributed by atoms with Crippen molar-refractivity contribution in [2.75, 3.05) is 6.54 Å². The largest absolute Gasteiger partial charge is 0.434 e. The van der Waals surface area contributed by atoms with E-state index < -0.39 is 6.61 Å². The van der Waals surface area contributed by atoms with E-state index in [0.717, 1.165) is 19.4 Å². The van der Waals surface area contributed by atoms with Gasteiger partial charge in [-0.3, -0.25) is 4.79 Å². The number of carbonyl (C=O) groups is 1. The van der Waals surface area contributed by atoms with Crippen molar-refractivity contribution in [2.24, 2.45) is 0 Å². The van der Waals surface area contributed by atoms with Crippen molar-refractivity contribution in [1.82, 2.24) is 10.6 Å². The van der Waals surface area contributed by atoms with Crippen LogP contribution in [0.5, 0.6) is 5.75 Å². The van der Waals surface area contributed by atoms with Gasteiger partial charge in [0.1, 0.15) is 5.75 Å². The highest BCUT2D eigenvalue weighted by Crippen LogP contribution is 2.26. The molecule has 4 nitrogen and oxygen atoms in total. The number of nitrogens with one attached hydrogen (secondary N) is 2. The lowest BCUT2D eigenvalue weighted by Crippen LogP contribution is -2.41. The first-order valence-electron chi connectivity index (χ1n) is 6.65. The van der Waals surface area contributed by atoms with Crippen LogP contribution in [0.3, 0.4) is 0 Å². The van der Waals surface area contributed by atoms with Gasteiger partial charge in [-0.1, -0.05) is 18.2 Å². The molecule has 1 fully saturated rings. The molecule has 1 aliphatic heterocycles. The lowest BCUT2D eigenvalue weighted by atomic mass is 10.1. The summed E-state index contributed by atoms with van der Waals surface area (Å²) in [4.78, 5) is 12.0. The molecule has 21 heavy (non-hydrogen) atoms. The Labute approximate surface area is 128 Å². The molecule has 1 saturated heterocycles. The number of halogens is 3. The van der Waals surface area contributed by atoms with E-state index >= 15 is 0 Å². The summed E-state index contributed by atoms with van der Waals surface area (Å²) in [6.45, 7) is -0.298. The molecule has 0 aromatic heterocycles. The number of benzene rings is 1. The molecule has 7 heteroatoms. The second-order valence-corrected chi connectivity index (χ2v) is 4.80. The molecule has 1 aromatic carbocycles. The molecular formula is C14H19ClF2N2O2. The standard InChI is InChI=1S/C14H18F2N2O2.ClH/c1-9(18-13(19)11-6-4-8-17-11)10-5-2-3-7-12(10)20-14(15)16;/h2-3,5,7,9,11,14,17H,4,6,8H2,1H3,(H,18,19);1H/t9?,11-;/m0./s1. The van der Waals surface area contributed by atoms with Crippen LogP contribution in [0.25, 0.3) is 0 Å². The number of alkyl halides is 2. The van der Waals surface area contributed by atoms with Crippen LogP contribution in [0.15, 0.2) is 24.3 Å². The van der Waals surface area contributed by atoms with Crippen LogP contribution in [0.1, 0.15) is 31.4 Å². The van der Waals surface area contributed by atoms with Crippen LogP contribution in [0.4, 0.5) is 8.78 Å². The van der Waals surface area contributed by atoms with Gasteiger partial charge in [-0.15, -0.1) is 12.4 Å². The van der Waals surface area contributed by atoms with Crippen molar-refractivity contribution < 1.29 is 18.3 Å². The van der Waals surface area contributed by atoms with Gasteiger partial charge in [0.05, 0.1) is 12.1 Å². The second-order valence-electron chi connectivity index (χ2n) is 4.80. The molecule has 0 bridgehead atoms. The topological polar surface area (TPSA) is 50.4 Å². The number of amides is 1. The Morgan fingerprint density at radius 2 is 2.14 bits per heavy atom. The zero-order valence-electron chi connectivity index (χ0n) is 11.6. The minimum atomic E-state index is -2.88. The molecule has 1 unspecified atom stereocenters. The van der Waals surface area contributed by atoms with E-state index in [-0.39, 0.29) is 36.1 Å². The average molecular weight is 321 g/mol. The van der Waals surface area contributed by atoms with Crippen LogP contribution in [0, 0.1) is 0 Å². The highest BCUT2D eigenvalue weighted by Gasteiger charge is 2.24. The predicted molar refractivity (Wildman–Crippen MR) is 77.9 cm³/mol. The molecule has 2 rings (SSSR count). The van der Waals surface area contributed by atoms with Crippen molar-refractivity contribution in [3.63, 3.8) is 0 Å². The van der Waals surface area contributed by atoms with E-state index in [9.17, 15) is 13.6 Å². The van der Waals surface area contributed by atoms with E-state index in [2.05, 4.69) is 15.4 Å². The quantitative estimate of drug-likeness (QED) is 0.877. The first-order chi connectivity index (χ1) is 9.58. The van der Waals surface area contributed by atoms with E-state index in [1.165, 1.54) is 6.07 Å². The van der Waals surface area contributed by atoms with E-state index in [1.54, 1.807) is 25.1 Å². The Kier molecular flexibility index (Phi) is 6.84. The average Bonchev–Trinajstić information content (AvgIpc) is 2.92. The van der Waals surface area contributed by atoms with Gasteiger partial charge in [-0.2, -0.15) is 8.78 Å². The van der Waals surface area contributed by atoms with Crippen molar-refractivity contribution in [3.8, 4) is 5.75 Å². The fraction of sp³-hybridized carbons (Fsp3) is 0.500. The van der Waals surface area contributed by atoms with Crippen LogP contribution < -0.4 is 15.4 Å². The Balaban J connectivity index is 0.00000220. The summed E-state index contributed by atoms with van der Waals surface area (Å²) in [7, 11) is 0. The summed E-state index contributed by atoms with van der Waals surface area (Å²) in [6, 6.07) is 5.90. The number of hydrogen-bond acceptors (Lipinski definition) is 3. The number of para-hydroxylation sites is 1. The van der Waals surface area contributed by atoms with Gasteiger partial charge < -0.3 is 15.4 Å². The van der Waals surface area contributed by atoms with Gasteiger partial charge in [-0.25, -0.2) is 0 Å². The molecule has 1 heterocycles. The SMILES string of the molecule is CC(NC(=O)[C@@H]1CCCN1)c1ccccc1OC(F)F.Cl. The van der Waals surface area contributed by atoms with E-state index in [4.69, 9.17) is 0 Å². The van der Waals surface area contributed by atoms with Gasteiger partial charge in [0, 0.05) is 5.56 Å². The molecule has 2 N–H and O–H groups in total. The molecule has 1 aliphatic rings. The fourth-order valence-corrected chi connectivity index (χ4v) is 2.34. The van der Waals surface area contributed by atoms with Gasteiger partial charge in [-0.05, 0) is 32.4 Å².